The molecule has 0 radical (unpaired) electrons. The second-order valence-corrected chi connectivity index (χ2v) is 3.75. The Hall–Kier alpha value is -0.550. The molecule has 1 aliphatic rings. The fourth-order valence-electron chi connectivity index (χ4n) is 1.80. The summed E-state index contributed by atoms with van der Waals surface area (Å²) in [5, 5.41) is 12.3. The molecule has 2 nitrogen and oxygen atoms in total. The molecule has 0 saturated heterocycles. The van der Waals surface area contributed by atoms with E-state index in [0.29, 0.717) is 12.1 Å². The molecule has 0 bridgehead atoms. The minimum absolute atomic E-state index is 0.263. The molecule has 1 aliphatic carbocycles. The molecule has 68 valence electrons. The number of rotatable bonds is 3. The highest BCUT2D eigenvalue weighted by atomic mass is 15.0. The van der Waals surface area contributed by atoms with Crippen LogP contribution in [-0.2, 0) is 0 Å². The van der Waals surface area contributed by atoms with Crippen molar-refractivity contribution >= 4 is 0 Å². The third-order valence-corrected chi connectivity index (χ3v) is 2.79. The van der Waals surface area contributed by atoms with Gasteiger partial charge in [0, 0.05) is 12.1 Å². The minimum atomic E-state index is 0.263. The van der Waals surface area contributed by atoms with Crippen LogP contribution in [0.25, 0.3) is 0 Å². The van der Waals surface area contributed by atoms with E-state index in [4.69, 9.17) is 5.26 Å². The van der Waals surface area contributed by atoms with Gasteiger partial charge in [-0.1, -0.05) is 13.3 Å². The van der Waals surface area contributed by atoms with Crippen molar-refractivity contribution in [2.45, 2.75) is 51.6 Å². The van der Waals surface area contributed by atoms with Crippen molar-refractivity contribution in [2.75, 3.05) is 0 Å². The Labute approximate surface area is 75.0 Å². The van der Waals surface area contributed by atoms with Crippen LogP contribution in [0.15, 0.2) is 0 Å². The van der Waals surface area contributed by atoms with Crippen LogP contribution in [0.3, 0.4) is 0 Å². The fraction of sp³-hybridized carbons (Fsp3) is 0.900. The van der Waals surface area contributed by atoms with Crippen LogP contribution in [-0.4, -0.2) is 12.1 Å². The van der Waals surface area contributed by atoms with E-state index in [1.807, 2.05) is 0 Å². The maximum atomic E-state index is 8.83. The summed E-state index contributed by atoms with van der Waals surface area (Å²) in [6.45, 7) is 4.36. The summed E-state index contributed by atoms with van der Waals surface area (Å²) in [7, 11) is 0. The quantitative estimate of drug-likeness (QED) is 0.696. The van der Waals surface area contributed by atoms with Gasteiger partial charge in [-0.15, -0.1) is 0 Å². The van der Waals surface area contributed by atoms with Gasteiger partial charge in [-0.05, 0) is 26.2 Å². The summed E-state index contributed by atoms with van der Waals surface area (Å²) < 4.78 is 0. The minimum Gasteiger partial charge on any atom is -0.310 e. The van der Waals surface area contributed by atoms with E-state index in [-0.39, 0.29) is 5.92 Å². The predicted molar refractivity (Wildman–Crippen MR) is 49.6 cm³/mol. The summed E-state index contributed by atoms with van der Waals surface area (Å²) in [6.07, 6.45) is 4.63. The highest BCUT2D eigenvalue weighted by Crippen LogP contribution is 2.25. The lowest BCUT2D eigenvalue weighted by molar-refractivity contribution is 0.404. The monoisotopic (exact) mass is 166 g/mol. The van der Waals surface area contributed by atoms with E-state index in [1.165, 1.54) is 12.8 Å². The van der Waals surface area contributed by atoms with Crippen LogP contribution in [0.1, 0.15) is 39.5 Å². The molecule has 0 heterocycles. The molecule has 0 aromatic heterocycles. The van der Waals surface area contributed by atoms with Gasteiger partial charge in [-0.3, -0.25) is 0 Å². The number of nitrogens with one attached hydrogen (secondary N) is 1. The van der Waals surface area contributed by atoms with E-state index in [9.17, 15) is 0 Å². The standard InChI is InChI=1S/C10H18N2/c1-3-8(2)12-10-6-4-5-9(10)7-11/h8-10,12H,3-6H2,1-2H3/t8-,9+,10+/m0/s1. The predicted octanol–water partition coefficient (Wildman–Crippen LogP) is 2.07. The van der Waals surface area contributed by atoms with Crippen LogP contribution < -0.4 is 5.32 Å². The normalized spacial score (nSPS) is 31.4. The third kappa shape index (κ3) is 2.22. The van der Waals surface area contributed by atoms with Crippen molar-refractivity contribution in [1.29, 1.82) is 5.26 Å². The Kier molecular flexibility index (Phi) is 3.55. The molecular formula is C10H18N2. The first-order chi connectivity index (χ1) is 5.77. The first-order valence-corrected chi connectivity index (χ1v) is 4.93. The second kappa shape index (κ2) is 4.47. The summed E-state index contributed by atoms with van der Waals surface area (Å²) in [5.41, 5.74) is 0. The van der Waals surface area contributed by atoms with Crippen molar-refractivity contribution in [3.63, 3.8) is 0 Å². The van der Waals surface area contributed by atoms with Gasteiger partial charge in [0.1, 0.15) is 0 Å². The number of hydrogen-bond acceptors (Lipinski definition) is 2. The van der Waals surface area contributed by atoms with Gasteiger partial charge in [-0.25, -0.2) is 0 Å². The van der Waals surface area contributed by atoms with Crippen LogP contribution in [0, 0.1) is 17.2 Å². The van der Waals surface area contributed by atoms with Crippen molar-refractivity contribution in [2.24, 2.45) is 5.92 Å². The van der Waals surface area contributed by atoms with E-state index in [1.54, 1.807) is 0 Å². The van der Waals surface area contributed by atoms with Gasteiger partial charge in [0.2, 0.25) is 0 Å². The highest BCUT2D eigenvalue weighted by molar-refractivity contribution is 4.96. The first-order valence-electron chi connectivity index (χ1n) is 4.93. The lowest BCUT2D eigenvalue weighted by Crippen LogP contribution is -2.38. The van der Waals surface area contributed by atoms with E-state index < -0.39 is 0 Å². The molecule has 2 heteroatoms. The van der Waals surface area contributed by atoms with Gasteiger partial charge in [0.05, 0.1) is 12.0 Å². The van der Waals surface area contributed by atoms with Gasteiger partial charge < -0.3 is 5.32 Å². The summed E-state index contributed by atoms with van der Waals surface area (Å²) in [5.74, 6) is 0.263. The summed E-state index contributed by atoms with van der Waals surface area (Å²) >= 11 is 0. The lowest BCUT2D eigenvalue weighted by Gasteiger charge is -2.20. The van der Waals surface area contributed by atoms with Crippen molar-refractivity contribution in [3.05, 3.63) is 0 Å². The molecule has 0 unspecified atom stereocenters. The van der Waals surface area contributed by atoms with E-state index in [0.717, 1.165) is 12.8 Å². The zero-order chi connectivity index (χ0) is 8.97. The first kappa shape index (κ1) is 9.54. The van der Waals surface area contributed by atoms with Gasteiger partial charge in [-0.2, -0.15) is 5.26 Å². The maximum Gasteiger partial charge on any atom is 0.0672 e. The number of nitrogens with zero attached hydrogens (tertiary/aromatic N) is 1. The van der Waals surface area contributed by atoms with Gasteiger partial charge >= 0.3 is 0 Å². The molecular weight excluding hydrogens is 148 g/mol. The van der Waals surface area contributed by atoms with Crippen LogP contribution in [0.4, 0.5) is 0 Å². The van der Waals surface area contributed by atoms with Crippen LogP contribution in [0.2, 0.25) is 0 Å². The van der Waals surface area contributed by atoms with Gasteiger partial charge in [0.15, 0.2) is 0 Å². The largest absolute Gasteiger partial charge is 0.310 e. The molecule has 12 heavy (non-hydrogen) atoms. The fourth-order valence-corrected chi connectivity index (χ4v) is 1.80. The SMILES string of the molecule is CC[C@H](C)N[C@@H]1CCC[C@@H]1C#N. The number of nitriles is 1. The van der Waals surface area contributed by atoms with Crippen molar-refractivity contribution in [1.82, 2.24) is 5.32 Å². The van der Waals surface area contributed by atoms with E-state index in [2.05, 4.69) is 25.2 Å². The maximum absolute atomic E-state index is 8.83. The average molecular weight is 166 g/mol. The van der Waals surface area contributed by atoms with Gasteiger partial charge in [0.25, 0.3) is 0 Å². The molecule has 0 amide bonds. The Bertz CT molecular complexity index is 171. The lowest BCUT2D eigenvalue weighted by atomic mass is 10.0. The molecule has 0 aromatic rings. The smallest absolute Gasteiger partial charge is 0.0672 e. The third-order valence-electron chi connectivity index (χ3n) is 2.79. The zero-order valence-electron chi connectivity index (χ0n) is 8.01. The zero-order valence-corrected chi connectivity index (χ0v) is 8.01. The molecule has 0 aromatic carbocycles. The molecule has 1 rings (SSSR count). The molecule has 3 atom stereocenters. The molecule has 1 N–H and O–H groups in total. The topological polar surface area (TPSA) is 35.8 Å². The van der Waals surface area contributed by atoms with Crippen LogP contribution >= 0.6 is 0 Å². The van der Waals surface area contributed by atoms with E-state index >= 15 is 0 Å². The Balaban J connectivity index is 2.36. The summed E-state index contributed by atoms with van der Waals surface area (Å²) in [6, 6.07) is 3.40. The Morgan fingerprint density at radius 3 is 2.92 bits per heavy atom. The Morgan fingerprint density at radius 1 is 1.58 bits per heavy atom. The molecule has 0 spiro atoms. The van der Waals surface area contributed by atoms with Crippen LogP contribution in [0.5, 0.6) is 0 Å². The van der Waals surface area contributed by atoms with Crippen molar-refractivity contribution < 1.29 is 0 Å². The summed E-state index contributed by atoms with van der Waals surface area (Å²) in [4.78, 5) is 0. The van der Waals surface area contributed by atoms with Crippen molar-refractivity contribution in [3.8, 4) is 6.07 Å². The molecule has 0 aliphatic heterocycles. The average Bonchev–Trinajstić information content (AvgIpc) is 2.51. The highest BCUT2D eigenvalue weighted by Gasteiger charge is 2.27. The Morgan fingerprint density at radius 2 is 2.33 bits per heavy atom. The second-order valence-electron chi connectivity index (χ2n) is 3.75. The number of hydrogen-bond donors (Lipinski definition) is 1. The molecule has 1 fully saturated rings. The molecule has 1 saturated carbocycles.